The molecular formula is C16H18F3NO2S. The van der Waals surface area contributed by atoms with Crippen LogP contribution in [0.15, 0.2) is 42.0 Å². The highest BCUT2D eigenvalue weighted by Crippen LogP contribution is 2.39. The van der Waals surface area contributed by atoms with Crippen molar-refractivity contribution in [2.75, 3.05) is 18.8 Å². The molecule has 0 bridgehead atoms. The summed E-state index contributed by atoms with van der Waals surface area (Å²) >= 11 is 0. The van der Waals surface area contributed by atoms with E-state index in [-0.39, 0.29) is 11.8 Å². The Kier molecular flexibility index (Phi) is 4.27. The minimum Gasteiger partial charge on any atom is -0.298 e. The minimum absolute atomic E-state index is 0.164. The predicted molar refractivity (Wildman–Crippen MR) is 81.2 cm³/mol. The topological polar surface area (TPSA) is 37.4 Å². The van der Waals surface area contributed by atoms with E-state index in [4.69, 9.17) is 0 Å². The van der Waals surface area contributed by atoms with Gasteiger partial charge in [0.15, 0.2) is 0 Å². The van der Waals surface area contributed by atoms with Crippen molar-refractivity contribution in [1.82, 2.24) is 4.90 Å². The van der Waals surface area contributed by atoms with Crippen molar-refractivity contribution in [3.05, 3.63) is 47.5 Å². The van der Waals surface area contributed by atoms with Crippen LogP contribution in [-0.4, -0.2) is 37.7 Å². The maximum atomic E-state index is 12.5. The summed E-state index contributed by atoms with van der Waals surface area (Å²) in [5, 5.41) is 0. The van der Waals surface area contributed by atoms with Crippen molar-refractivity contribution in [1.29, 1.82) is 0 Å². The molecule has 1 aromatic carbocycles. The Labute approximate surface area is 133 Å². The first-order valence-corrected chi connectivity index (χ1v) is 9.15. The summed E-state index contributed by atoms with van der Waals surface area (Å²) in [5.41, 5.74) is -3.54. The predicted octanol–water partition coefficient (Wildman–Crippen LogP) is 3.00. The minimum atomic E-state index is -5.16. The van der Waals surface area contributed by atoms with Gasteiger partial charge in [-0.15, -0.1) is 0 Å². The van der Waals surface area contributed by atoms with Gasteiger partial charge in [-0.1, -0.05) is 42.0 Å². The van der Waals surface area contributed by atoms with Crippen LogP contribution >= 0.6 is 0 Å². The molecule has 0 N–H and O–H groups in total. The van der Waals surface area contributed by atoms with Gasteiger partial charge in [-0.2, -0.15) is 13.2 Å². The lowest BCUT2D eigenvalue weighted by molar-refractivity contribution is -0.0433. The Hall–Kier alpha value is -1.34. The molecule has 2 atom stereocenters. The lowest BCUT2D eigenvalue weighted by Gasteiger charge is -2.17. The van der Waals surface area contributed by atoms with E-state index in [1.54, 1.807) is 6.08 Å². The molecule has 0 saturated carbocycles. The number of fused-ring (bicyclic) bond motifs is 1. The molecule has 0 aromatic heterocycles. The lowest BCUT2D eigenvalue weighted by atomic mass is 10.00. The van der Waals surface area contributed by atoms with Crippen LogP contribution in [0.25, 0.3) is 0 Å². The summed E-state index contributed by atoms with van der Waals surface area (Å²) in [6.45, 7) is 2.39. The van der Waals surface area contributed by atoms with E-state index >= 15 is 0 Å². The Balaban J connectivity index is 1.60. The van der Waals surface area contributed by atoms with Crippen molar-refractivity contribution in [3.8, 4) is 0 Å². The van der Waals surface area contributed by atoms with Gasteiger partial charge in [0.2, 0.25) is 0 Å². The van der Waals surface area contributed by atoms with E-state index in [9.17, 15) is 21.6 Å². The van der Waals surface area contributed by atoms with Gasteiger partial charge < -0.3 is 0 Å². The molecule has 1 fully saturated rings. The molecule has 3 rings (SSSR count). The first kappa shape index (κ1) is 16.5. The smallest absolute Gasteiger partial charge is 0.298 e. The molecule has 126 valence electrons. The van der Waals surface area contributed by atoms with Crippen LogP contribution in [0.3, 0.4) is 0 Å². The fraction of sp³-hybridized carbons (Fsp3) is 0.500. The van der Waals surface area contributed by atoms with Crippen molar-refractivity contribution in [2.45, 2.75) is 18.5 Å². The molecule has 1 aliphatic carbocycles. The van der Waals surface area contributed by atoms with Crippen LogP contribution in [0.1, 0.15) is 12.0 Å². The second-order valence-electron chi connectivity index (χ2n) is 6.34. The summed E-state index contributed by atoms with van der Waals surface area (Å²) in [7, 11) is -5.06. The number of hydrogen-bond donors (Lipinski definition) is 0. The maximum absolute atomic E-state index is 12.5. The molecular weight excluding hydrogens is 327 g/mol. The molecule has 23 heavy (non-hydrogen) atoms. The molecule has 0 spiro atoms. The number of hydrogen-bond acceptors (Lipinski definition) is 3. The maximum Gasteiger partial charge on any atom is 0.497 e. The van der Waals surface area contributed by atoms with E-state index in [1.807, 2.05) is 30.3 Å². The number of halogens is 3. The quantitative estimate of drug-likeness (QED) is 0.788. The van der Waals surface area contributed by atoms with E-state index in [0.717, 1.165) is 19.6 Å². The molecule has 7 heteroatoms. The zero-order valence-electron chi connectivity index (χ0n) is 12.5. The van der Waals surface area contributed by atoms with Gasteiger partial charge in [0.25, 0.3) is 9.84 Å². The zero-order valence-corrected chi connectivity index (χ0v) is 13.3. The summed E-state index contributed by atoms with van der Waals surface area (Å²) in [4.78, 5) is 2.27. The van der Waals surface area contributed by atoms with Gasteiger partial charge in [0.1, 0.15) is 0 Å². The summed E-state index contributed by atoms with van der Waals surface area (Å²) < 4.78 is 59.9. The first-order valence-electron chi connectivity index (χ1n) is 7.49. The van der Waals surface area contributed by atoms with Crippen molar-refractivity contribution < 1.29 is 21.6 Å². The van der Waals surface area contributed by atoms with E-state index in [1.165, 1.54) is 5.56 Å². The number of nitrogens with zero attached hydrogens (tertiary/aromatic N) is 1. The van der Waals surface area contributed by atoms with Crippen LogP contribution in [0, 0.1) is 11.8 Å². The molecule has 1 saturated heterocycles. The molecule has 2 aliphatic rings. The Morgan fingerprint density at radius 3 is 2.43 bits per heavy atom. The molecule has 3 nitrogen and oxygen atoms in total. The second kappa shape index (κ2) is 5.94. The Morgan fingerprint density at radius 2 is 1.83 bits per heavy atom. The SMILES string of the molecule is O=S(=O)(CC1=CC2CN(Cc3ccccc3)CC2C1)C(F)(F)F. The average molecular weight is 345 g/mol. The Bertz CT molecular complexity index is 698. The first-order chi connectivity index (χ1) is 10.7. The number of sulfone groups is 1. The third-order valence-electron chi connectivity index (χ3n) is 4.52. The third kappa shape index (κ3) is 3.61. The molecule has 1 aromatic rings. The summed E-state index contributed by atoms with van der Waals surface area (Å²) in [6.07, 6.45) is 2.20. The highest BCUT2D eigenvalue weighted by atomic mass is 32.2. The van der Waals surface area contributed by atoms with Gasteiger partial charge >= 0.3 is 5.51 Å². The monoisotopic (exact) mass is 345 g/mol. The number of likely N-dealkylation sites (tertiary alicyclic amines) is 1. The normalized spacial score (nSPS) is 25.4. The van der Waals surface area contributed by atoms with Crippen LogP contribution in [0.4, 0.5) is 13.2 Å². The number of rotatable bonds is 4. The van der Waals surface area contributed by atoms with Crippen LogP contribution in [0.5, 0.6) is 0 Å². The van der Waals surface area contributed by atoms with Gasteiger partial charge in [-0.05, 0) is 23.8 Å². The average Bonchev–Trinajstić information content (AvgIpc) is 2.95. The van der Waals surface area contributed by atoms with Gasteiger partial charge in [0, 0.05) is 19.6 Å². The third-order valence-corrected chi connectivity index (χ3v) is 5.97. The second-order valence-corrected chi connectivity index (χ2v) is 8.32. The van der Waals surface area contributed by atoms with Crippen molar-refractivity contribution >= 4 is 9.84 Å². The fourth-order valence-corrected chi connectivity index (χ4v) is 4.37. The van der Waals surface area contributed by atoms with E-state index in [2.05, 4.69) is 4.90 Å². The van der Waals surface area contributed by atoms with Gasteiger partial charge in [-0.25, -0.2) is 8.42 Å². The van der Waals surface area contributed by atoms with Crippen LogP contribution in [-0.2, 0) is 16.4 Å². The van der Waals surface area contributed by atoms with Crippen LogP contribution < -0.4 is 0 Å². The Morgan fingerprint density at radius 1 is 1.13 bits per heavy atom. The number of benzene rings is 1. The standard InChI is InChI=1S/C16H18F3NO2S/c17-16(18,19)23(21,22)11-13-6-14-9-20(10-15(14)7-13)8-12-4-2-1-3-5-12/h1-6,14-15H,7-11H2. The van der Waals surface area contributed by atoms with Crippen molar-refractivity contribution in [2.24, 2.45) is 11.8 Å². The van der Waals surface area contributed by atoms with Crippen molar-refractivity contribution in [3.63, 3.8) is 0 Å². The summed E-state index contributed by atoms with van der Waals surface area (Å²) in [5.74, 6) is -0.489. The molecule has 2 unspecified atom stereocenters. The molecule has 1 heterocycles. The highest BCUT2D eigenvalue weighted by molar-refractivity contribution is 7.92. The van der Waals surface area contributed by atoms with Crippen LogP contribution in [0.2, 0.25) is 0 Å². The largest absolute Gasteiger partial charge is 0.497 e. The summed E-state index contributed by atoms with van der Waals surface area (Å²) in [6, 6.07) is 10.0. The zero-order chi connectivity index (χ0) is 16.7. The van der Waals surface area contributed by atoms with E-state index in [0.29, 0.717) is 12.0 Å². The molecule has 0 radical (unpaired) electrons. The highest BCUT2D eigenvalue weighted by Gasteiger charge is 2.47. The van der Waals surface area contributed by atoms with Gasteiger partial charge in [-0.3, -0.25) is 4.90 Å². The number of alkyl halides is 3. The lowest BCUT2D eigenvalue weighted by Crippen LogP contribution is -2.27. The molecule has 0 amide bonds. The fourth-order valence-electron chi connectivity index (χ4n) is 3.50. The molecule has 1 aliphatic heterocycles. The van der Waals surface area contributed by atoms with E-state index < -0.39 is 21.1 Å². The van der Waals surface area contributed by atoms with Gasteiger partial charge in [0.05, 0.1) is 5.75 Å².